The zero-order chi connectivity index (χ0) is 18.0. The lowest BCUT2D eigenvalue weighted by Gasteiger charge is -2.25. The molecule has 3 rings (SSSR count). The van der Waals surface area contributed by atoms with Crippen LogP contribution < -0.4 is 4.72 Å². The molecule has 7 nitrogen and oxygen atoms in total. The number of aromatic nitrogens is 2. The van der Waals surface area contributed by atoms with Gasteiger partial charge in [-0.1, -0.05) is 24.6 Å². The van der Waals surface area contributed by atoms with Crippen molar-refractivity contribution in [3.05, 3.63) is 47.3 Å². The Bertz CT molecular complexity index is 883. The van der Waals surface area contributed by atoms with Crippen LogP contribution in [0.15, 0.2) is 30.5 Å². The van der Waals surface area contributed by atoms with Gasteiger partial charge in [0.2, 0.25) is 0 Å². The molecule has 1 aliphatic heterocycles. The number of carbonyl (C=O) groups excluding carboxylic acids is 1. The third-order valence-electron chi connectivity index (χ3n) is 4.47. The molecule has 0 aliphatic carbocycles. The lowest BCUT2D eigenvalue weighted by Crippen LogP contribution is -2.45. The molecule has 2 heterocycles. The number of hydrogen-bond donors (Lipinski definition) is 1. The van der Waals surface area contributed by atoms with Gasteiger partial charge in [-0.05, 0) is 38.3 Å². The number of carbonyl (C=O) groups is 1. The van der Waals surface area contributed by atoms with E-state index >= 15 is 0 Å². The van der Waals surface area contributed by atoms with E-state index in [1.54, 1.807) is 11.6 Å². The summed E-state index contributed by atoms with van der Waals surface area (Å²) in [7, 11) is -3.81. The molecule has 0 radical (unpaired) electrons. The van der Waals surface area contributed by atoms with E-state index in [-0.39, 0.29) is 5.56 Å². The number of piperidine rings is 1. The van der Waals surface area contributed by atoms with Crippen molar-refractivity contribution in [2.24, 2.45) is 0 Å². The monoisotopic (exact) mass is 362 g/mol. The summed E-state index contributed by atoms with van der Waals surface area (Å²) in [5, 5.41) is 4.26. The van der Waals surface area contributed by atoms with Crippen LogP contribution in [0.4, 0.5) is 0 Å². The van der Waals surface area contributed by atoms with Gasteiger partial charge >= 0.3 is 10.2 Å². The van der Waals surface area contributed by atoms with Crippen LogP contribution in [0.3, 0.4) is 0 Å². The maximum Gasteiger partial charge on any atom is 0.304 e. The van der Waals surface area contributed by atoms with Gasteiger partial charge in [-0.3, -0.25) is 4.79 Å². The molecule has 1 aromatic carbocycles. The molecule has 2 aromatic rings. The minimum atomic E-state index is -3.81. The molecule has 0 spiro atoms. The predicted octanol–water partition coefficient (Wildman–Crippen LogP) is 1.95. The standard InChI is InChI=1S/C17H22N4O3S/c1-13-8-4-5-9-16(13)21-14(2)15(12-18-21)17(22)19-25(23,24)20-10-6-3-7-11-20/h4-5,8-9,12H,3,6-7,10-11H2,1-2H3,(H,19,22). The highest BCUT2D eigenvalue weighted by Crippen LogP contribution is 2.18. The average molecular weight is 362 g/mol. The Morgan fingerprint density at radius 3 is 2.48 bits per heavy atom. The minimum absolute atomic E-state index is 0.254. The number of nitrogens with one attached hydrogen (secondary N) is 1. The maximum atomic E-state index is 12.5. The van der Waals surface area contributed by atoms with E-state index in [2.05, 4.69) is 9.82 Å². The third-order valence-corrected chi connectivity index (χ3v) is 5.96. The van der Waals surface area contributed by atoms with Crippen molar-refractivity contribution in [3.8, 4) is 5.69 Å². The van der Waals surface area contributed by atoms with Crippen molar-refractivity contribution < 1.29 is 13.2 Å². The molecule has 1 saturated heterocycles. The zero-order valence-corrected chi connectivity index (χ0v) is 15.2. The molecule has 1 aromatic heterocycles. The molecule has 0 saturated carbocycles. The summed E-state index contributed by atoms with van der Waals surface area (Å²) in [6.07, 6.45) is 4.06. The van der Waals surface area contributed by atoms with Crippen LogP contribution in [-0.2, 0) is 10.2 Å². The summed E-state index contributed by atoms with van der Waals surface area (Å²) >= 11 is 0. The van der Waals surface area contributed by atoms with Gasteiger partial charge < -0.3 is 0 Å². The van der Waals surface area contributed by atoms with Gasteiger partial charge in [0.05, 0.1) is 23.1 Å². The Morgan fingerprint density at radius 1 is 1.12 bits per heavy atom. The predicted molar refractivity (Wildman–Crippen MR) is 94.8 cm³/mol. The second-order valence-corrected chi connectivity index (χ2v) is 7.91. The van der Waals surface area contributed by atoms with Crippen LogP contribution >= 0.6 is 0 Å². The van der Waals surface area contributed by atoms with Crippen LogP contribution in [0.25, 0.3) is 5.69 Å². The first-order chi connectivity index (χ1) is 11.9. The third kappa shape index (κ3) is 3.59. The molecule has 8 heteroatoms. The quantitative estimate of drug-likeness (QED) is 0.901. The first kappa shape index (κ1) is 17.6. The fourth-order valence-corrected chi connectivity index (χ4v) is 4.23. The van der Waals surface area contributed by atoms with Gasteiger partial charge in [-0.15, -0.1) is 0 Å². The van der Waals surface area contributed by atoms with Gasteiger partial charge in [-0.25, -0.2) is 9.40 Å². The normalized spacial score (nSPS) is 15.9. The van der Waals surface area contributed by atoms with E-state index in [0.29, 0.717) is 18.8 Å². The Kier molecular flexibility index (Phi) is 4.91. The molecule has 0 atom stereocenters. The van der Waals surface area contributed by atoms with Gasteiger partial charge in [0.1, 0.15) is 0 Å². The fourth-order valence-electron chi connectivity index (χ4n) is 3.02. The molecular weight excluding hydrogens is 340 g/mol. The Hall–Kier alpha value is -2.19. The SMILES string of the molecule is Cc1ccccc1-n1ncc(C(=O)NS(=O)(=O)N2CCCCC2)c1C. The van der Waals surface area contributed by atoms with Crippen molar-refractivity contribution in [1.29, 1.82) is 0 Å². The molecule has 1 aliphatic rings. The number of rotatable bonds is 4. The number of nitrogens with zero attached hydrogens (tertiary/aromatic N) is 3. The summed E-state index contributed by atoms with van der Waals surface area (Å²) in [6, 6.07) is 7.68. The number of aryl methyl sites for hydroxylation is 1. The fraction of sp³-hybridized carbons (Fsp3) is 0.412. The highest BCUT2D eigenvalue weighted by molar-refractivity contribution is 7.87. The summed E-state index contributed by atoms with van der Waals surface area (Å²) < 4.78 is 29.9. The second-order valence-electron chi connectivity index (χ2n) is 6.24. The van der Waals surface area contributed by atoms with E-state index < -0.39 is 16.1 Å². The van der Waals surface area contributed by atoms with E-state index in [1.165, 1.54) is 10.5 Å². The Balaban J connectivity index is 1.83. The average Bonchev–Trinajstić information content (AvgIpc) is 2.97. The number of benzene rings is 1. The van der Waals surface area contributed by atoms with Crippen molar-refractivity contribution in [1.82, 2.24) is 18.8 Å². The van der Waals surface area contributed by atoms with Gasteiger partial charge in [0.25, 0.3) is 5.91 Å². The molecule has 1 fully saturated rings. The summed E-state index contributed by atoms with van der Waals surface area (Å²) in [4.78, 5) is 12.5. The van der Waals surface area contributed by atoms with Gasteiger partial charge in [-0.2, -0.15) is 17.8 Å². The highest BCUT2D eigenvalue weighted by atomic mass is 32.2. The lowest BCUT2D eigenvalue weighted by molar-refractivity contribution is 0.0978. The van der Waals surface area contributed by atoms with Crippen molar-refractivity contribution >= 4 is 16.1 Å². The second kappa shape index (κ2) is 6.97. The summed E-state index contributed by atoms with van der Waals surface area (Å²) in [6.45, 7) is 4.60. The molecular formula is C17H22N4O3S. The van der Waals surface area contributed by atoms with E-state index in [0.717, 1.165) is 30.5 Å². The van der Waals surface area contributed by atoms with E-state index in [9.17, 15) is 13.2 Å². The van der Waals surface area contributed by atoms with Crippen molar-refractivity contribution in [2.45, 2.75) is 33.1 Å². The van der Waals surface area contributed by atoms with Gasteiger partial charge in [0.15, 0.2) is 0 Å². The summed E-state index contributed by atoms with van der Waals surface area (Å²) in [5.74, 6) is -0.650. The topological polar surface area (TPSA) is 84.3 Å². The minimum Gasteiger partial charge on any atom is -0.268 e. The smallest absolute Gasteiger partial charge is 0.268 e. The van der Waals surface area contributed by atoms with Crippen LogP contribution in [0.2, 0.25) is 0 Å². The molecule has 1 amide bonds. The summed E-state index contributed by atoms with van der Waals surface area (Å²) in [5.41, 5.74) is 2.73. The van der Waals surface area contributed by atoms with Crippen LogP contribution in [-0.4, -0.2) is 41.5 Å². The van der Waals surface area contributed by atoms with E-state index in [4.69, 9.17) is 0 Å². The lowest BCUT2D eigenvalue weighted by atomic mass is 10.2. The molecule has 25 heavy (non-hydrogen) atoms. The molecule has 1 N–H and O–H groups in total. The Morgan fingerprint density at radius 2 is 1.80 bits per heavy atom. The zero-order valence-electron chi connectivity index (χ0n) is 14.4. The number of hydrogen-bond acceptors (Lipinski definition) is 4. The van der Waals surface area contributed by atoms with Crippen LogP contribution in [0.5, 0.6) is 0 Å². The van der Waals surface area contributed by atoms with Gasteiger partial charge in [0, 0.05) is 13.1 Å². The highest BCUT2D eigenvalue weighted by Gasteiger charge is 2.27. The first-order valence-corrected chi connectivity index (χ1v) is 9.77. The van der Waals surface area contributed by atoms with E-state index in [1.807, 2.05) is 31.2 Å². The molecule has 0 unspecified atom stereocenters. The van der Waals surface area contributed by atoms with Crippen LogP contribution in [0, 0.1) is 13.8 Å². The largest absolute Gasteiger partial charge is 0.304 e. The van der Waals surface area contributed by atoms with Crippen molar-refractivity contribution in [3.63, 3.8) is 0 Å². The van der Waals surface area contributed by atoms with Crippen molar-refractivity contribution in [2.75, 3.05) is 13.1 Å². The maximum absolute atomic E-state index is 12.5. The Labute approximate surface area is 147 Å². The molecule has 0 bridgehead atoms. The first-order valence-electron chi connectivity index (χ1n) is 8.33. The van der Waals surface area contributed by atoms with Crippen LogP contribution in [0.1, 0.15) is 40.9 Å². The number of amides is 1. The number of para-hydroxylation sites is 1. The molecule has 134 valence electrons.